The quantitative estimate of drug-likeness (QED) is 0.375. The predicted octanol–water partition coefficient (Wildman–Crippen LogP) is 3.91. The van der Waals surface area contributed by atoms with Crippen LogP contribution in [0, 0.1) is 10.1 Å². The number of amides is 2. The Balaban J connectivity index is 1.66. The highest BCUT2D eigenvalue weighted by atomic mass is 16.6. The van der Waals surface area contributed by atoms with E-state index in [-0.39, 0.29) is 23.8 Å². The van der Waals surface area contributed by atoms with Gasteiger partial charge in [-0.05, 0) is 36.4 Å². The van der Waals surface area contributed by atoms with Crippen molar-refractivity contribution in [3.8, 4) is 5.75 Å². The molecule has 0 saturated carbocycles. The first-order chi connectivity index (χ1) is 15.0. The summed E-state index contributed by atoms with van der Waals surface area (Å²) in [5.74, 6) is -0.462. The van der Waals surface area contributed by atoms with Gasteiger partial charge in [-0.1, -0.05) is 30.3 Å². The van der Waals surface area contributed by atoms with Crippen LogP contribution in [0.25, 0.3) is 0 Å². The van der Waals surface area contributed by atoms with Gasteiger partial charge in [0, 0.05) is 5.56 Å². The van der Waals surface area contributed by atoms with Crippen molar-refractivity contribution in [1.82, 2.24) is 0 Å². The third-order valence-electron chi connectivity index (χ3n) is 4.33. The highest BCUT2D eigenvalue weighted by molar-refractivity contribution is 6.06. The summed E-state index contributed by atoms with van der Waals surface area (Å²) < 4.78 is 4.98. The maximum atomic E-state index is 12.4. The predicted molar refractivity (Wildman–Crippen MR) is 118 cm³/mol. The molecule has 2 amide bonds. The Morgan fingerprint density at radius 3 is 2.26 bits per heavy atom. The maximum absolute atomic E-state index is 12.4. The lowest BCUT2D eigenvalue weighted by Gasteiger charge is -2.13. The monoisotopic (exact) mass is 420 g/mol. The zero-order valence-electron chi connectivity index (χ0n) is 16.6. The molecule has 0 aromatic heterocycles. The van der Waals surface area contributed by atoms with E-state index in [4.69, 9.17) is 4.74 Å². The summed E-state index contributed by atoms with van der Waals surface area (Å²) in [5.41, 5.74) is 1.32. The second-order valence-corrected chi connectivity index (χ2v) is 6.41. The number of nitro groups is 1. The molecule has 0 atom stereocenters. The Labute approximate surface area is 178 Å². The fraction of sp³-hybridized carbons (Fsp3) is 0.0909. The summed E-state index contributed by atoms with van der Waals surface area (Å²) in [6.07, 6.45) is 0. The molecule has 0 radical (unpaired) electrons. The average molecular weight is 420 g/mol. The molecule has 9 heteroatoms. The Bertz CT molecular complexity index is 1100. The first-order valence-corrected chi connectivity index (χ1v) is 9.29. The van der Waals surface area contributed by atoms with Crippen LogP contribution in [-0.2, 0) is 4.79 Å². The summed E-state index contributed by atoms with van der Waals surface area (Å²) in [4.78, 5) is 35.4. The summed E-state index contributed by atoms with van der Waals surface area (Å²) in [5, 5.41) is 19.5. The van der Waals surface area contributed by atoms with Gasteiger partial charge in [0.1, 0.15) is 11.4 Å². The van der Waals surface area contributed by atoms with Crippen molar-refractivity contribution in [3.05, 3.63) is 88.5 Å². The van der Waals surface area contributed by atoms with Crippen molar-refractivity contribution >= 4 is 34.6 Å². The molecule has 0 bridgehead atoms. The molecule has 0 aliphatic carbocycles. The lowest BCUT2D eigenvalue weighted by molar-refractivity contribution is -0.384. The molecule has 0 heterocycles. The first-order valence-electron chi connectivity index (χ1n) is 9.29. The fourth-order valence-corrected chi connectivity index (χ4v) is 2.80. The number of nitro benzene ring substituents is 1. The number of benzene rings is 3. The Kier molecular flexibility index (Phi) is 6.79. The number of methoxy groups -OCH3 is 1. The Morgan fingerprint density at radius 2 is 1.58 bits per heavy atom. The molecule has 0 aliphatic rings. The number of ether oxygens (including phenoxy) is 1. The van der Waals surface area contributed by atoms with E-state index >= 15 is 0 Å². The minimum Gasteiger partial charge on any atom is -0.496 e. The molecular formula is C22H20N4O5. The van der Waals surface area contributed by atoms with Gasteiger partial charge in [-0.2, -0.15) is 0 Å². The topological polar surface area (TPSA) is 123 Å². The van der Waals surface area contributed by atoms with Gasteiger partial charge in [-0.15, -0.1) is 0 Å². The number of rotatable bonds is 8. The van der Waals surface area contributed by atoms with Gasteiger partial charge < -0.3 is 20.7 Å². The van der Waals surface area contributed by atoms with Crippen molar-refractivity contribution in [1.29, 1.82) is 0 Å². The van der Waals surface area contributed by atoms with Crippen LogP contribution in [0.15, 0.2) is 72.8 Å². The van der Waals surface area contributed by atoms with Gasteiger partial charge >= 0.3 is 0 Å². The number of nitrogens with one attached hydrogen (secondary N) is 3. The highest BCUT2D eigenvalue weighted by Gasteiger charge is 2.17. The van der Waals surface area contributed by atoms with E-state index in [0.29, 0.717) is 22.7 Å². The van der Waals surface area contributed by atoms with Crippen LogP contribution in [0.2, 0.25) is 0 Å². The lowest BCUT2D eigenvalue weighted by atomic mass is 10.2. The number of hydrogen-bond donors (Lipinski definition) is 3. The molecule has 31 heavy (non-hydrogen) atoms. The smallest absolute Gasteiger partial charge is 0.296 e. The normalized spacial score (nSPS) is 10.1. The number of anilines is 3. The lowest BCUT2D eigenvalue weighted by Crippen LogP contribution is -2.23. The number of carbonyl (C=O) groups is 2. The fourth-order valence-electron chi connectivity index (χ4n) is 2.80. The van der Waals surface area contributed by atoms with Crippen molar-refractivity contribution in [2.24, 2.45) is 0 Å². The standard InChI is InChI=1S/C22H20N4O5/c1-31-16-11-12-19(20(13-16)26(29)30)24-21(27)14-23-17-9-5-6-10-18(17)25-22(28)15-7-3-2-4-8-15/h2-13,23H,14H2,1H3,(H,24,27)(H,25,28). The van der Waals surface area contributed by atoms with E-state index in [9.17, 15) is 19.7 Å². The van der Waals surface area contributed by atoms with Gasteiger partial charge in [0.2, 0.25) is 5.91 Å². The SMILES string of the molecule is COc1ccc(NC(=O)CNc2ccccc2NC(=O)c2ccccc2)c([N+](=O)[O-])c1. The summed E-state index contributed by atoms with van der Waals surface area (Å²) in [6, 6.07) is 19.8. The molecule has 3 aromatic carbocycles. The first kappa shape index (κ1) is 21.3. The number of para-hydroxylation sites is 2. The Morgan fingerprint density at radius 1 is 0.903 bits per heavy atom. The summed E-state index contributed by atoms with van der Waals surface area (Å²) in [6.45, 7) is -0.165. The second kappa shape index (κ2) is 9.88. The second-order valence-electron chi connectivity index (χ2n) is 6.41. The van der Waals surface area contributed by atoms with Crippen LogP contribution in [0.4, 0.5) is 22.7 Å². The van der Waals surface area contributed by atoms with Gasteiger partial charge in [-0.25, -0.2) is 0 Å². The Hall–Kier alpha value is -4.40. The summed E-state index contributed by atoms with van der Waals surface area (Å²) >= 11 is 0. The molecule has 3 N–H and O–H groups in total. The van der Waals surface area contributed by atoms with Crippen LogP contribution >= 0.6 is 0 Å². The zero-order valence-corrected chi connectivity index (χ0v) is 16.6. The molecule has 0 unspecified atom stereocenters. The molecule has 3 rings (SSSR count). The molecule has 0 fully saturated rings. The van der Waals surface area contributed by atoms with Crippen molar-refractivity contribution < 1.29 is 19.2 Å². The van der Waals surface area contributed by atoms with Crippen LogP contribution in [-0.4, -0.2) is 30.4 Å². The molecule has 0 aliphatic heterocycles. The minimum absolute atomic E-state index is 0.0586. The molecule has 0 spiro atoms. The van der Waals surface area contributed by atoms with E-state index in [2.05, 4.69) is 16.0 Å². The minimum atomic E-state index is -0.597. The number of hydrogen-bond acceptors (Lipinski definition) is 6. The van der Waals surface area contributed by atoms with E-state index in [1.54, 1.807) is 48.5 Å². The van der Waals surface area contributed by atoms with Gasteiger partial charge in [-0.3, -0.25) is 19.7 Å². The molecular weight excluding hydrogens is 400 g/mol. The van der Waals surface area contributed by atoms with Crippen LogP contribution < -0.4 is 20.7 Å². The third kappa shape index (κ3) is 5.57. The van der Waals surface area contributed by atoms with Crippen LogP contribution in [0.3, 0.4) is 0 Å². The van der Waals surface area contributed by atoms with Crippen LogP contribution in [0.5, 0.6) is 5.75 Å². The van der Waals surface area contributed by atoms with E-state index < -0.39 is 10.8 Å². The number of carbonyl (C=O) groups excluding carboxylic acids is 2. The summed E-state index contributed by atoms with van der Waals surface area (Å²) in [7, 11) is 1.40. The van der Waals surface area contributed by atoms with Gasteiger partial charge in [0.05, 0.1) is 36.0 Å². The zero-order chi connectivity index (χ0) is 22.2. The number of nitrogens with zero attached hydrogens (tertiary/aromatic N) is 1. The van der Waals surface area contributed by atoms with Crippen molar-refractivity contribution in [2.45, 2.75) is 0 Å². The van der Waals surface area contributed by atoms with Gasteiger partial charge in [0.15, 0.2) is 0 Å². The largest absolute Gasteiger partial charge is 0.496 e. The molecule has 9 nitrogen and oxygen atoms in total. The molecule has 3 aromatic rings. The van der Waals surface area contributed by atoms with Crippen molar-refractivity contribution in [3.63, 3.8) is 0 Å². The van der Waals surface area contributed by atoms with Crippen molar-refractivity contribution in [2.75, 3.05) is 29.6 Å². The average Bonchev–Trinajstić information content (AvgIpc) is 2.79. The van der Waals surface area contributed by atoms with E-state index in [1.165, 1.54) is 25.3 Å². The van der Waals surface area contributed by atoms with E-state index in [0.717, 1.165) is 0 Å². The maximum Gasteiger partial charge on any atom is 0.296 e. The molecule has 0 saturated heterocycles. The van der Waals surface area contributed by atoms with Gasteiger partial charge in [0.25, 0.3) is 11.6 Å². The van der Waals surface area contributed by atoms with Crippen LogP contribution in [0.1, 0.15) is 10.4 Å². The molecule has 158 valence electrons. The highest BCUT2D eigenvalue weighted by Crippen LogP contribution is 2.29. The van der Waals surface area contributed by atoms with E-state index in [1.807, 2.05) is 6.07 Å². The third-order valence-corrected chi connectivity index (χ3v) is 4.33.